The van der Waals surface area contributed by atoms with E-state index in [1.165, 1.54) is 137 Å². The predicted molar refractivity (Wildman–Crippen MR) is 344 cm³/mol. The van der Waals surface area contributed by atoms with E-state index in [0.717, 1.165) is 58.1 Å². The molecule has 0 heterocycles. The Labute approximate surface area is 501 Å². The summed E-state index contributed by atoms with van der Waals surface area (Å²) in [6.07, 6.45) is 23.6. The van der Waals surface area contributed by atoms with Crippen molar-refractivity contribution >= 4 is 30.3 Å². The molecule has 0 unspecified atom stereocenters. The summed E-state index contributed by atoms with van der Waals surface area (Å²) in [6.45, 7) is 8.73. The zero-order chi connectivity index (χ0) is 57.8. The summed E-state index contributed by atoms with van der Waals surface area (Å²) >= 11 is 2.03. The van der Waals surface area contributed by atoms with E-state index < -0.39 is 0 Å². The van der Waals surface area contributed by atoms with E-state index in [4.69, 9.17) is 9.68 Å². The summed E-state index contributed by atoms with van der Waals surface area (Å²) in [5.41, 5.74) is 12.9. The highest BCUT2D eigenvalue weighted by Gasteiger charge is 2.24. The van der Waals surface area contributed by atoms with Crippen molar-refractivity contribution in [3.63, 3.8) is 0 Å². The smallest absolute Gasteiger partial charge is 0.537 e. The van der Waals surface area contributed by atoms with Crippen LogP contribution in [0.5, 0.6) is 5.75 Å². The molecule has 0 aliphatic heterocycles. The summed E-state index contributed by atoms with van der Waals surface area (Å²) in [5.74, 6) is 2.30. The minimum atomic E-state index is -0.376. The lowest BCUT2D eigenvalue weighted by Crippen LogP contribution is -2.13. The van der Waals surface area contributed by atoms with Crippen LogP contribution in [0, 0.1) is 38.7 Å². The van der Waals surface area contributed by atoms with Crippen LogP contribution in [-0.4, -0.2) is 12.7 Å². The van der Waals surface area contributed by atoms with Crippen LogP contribution in [0.2, 0.25) is 0 Å². The lowest BCUT2D eigenvalue weighted by atomic mass is 9.77. The molecule has 2 fully saturated rings. The second-order valence-corrected chi connectivity index (χ2v) is 23.8. The number of benzene rings is 8. The van der Waals surface area contributed by atoms with Crippen molar-refractivity contribution in [3.8, 4) is 61.4 Å². The van der Waals surface area contributed by atoms with Crippen LogP contribution in [0.4, 0.5) is 17.6 Å². The highest BCUT2D eigenvalue weighted by atomic mass is 127. The minimum absolute atomic E-state index is 0.136. The van der Waals surface area contributed by atoms with Gasteiger partial charge in [-0.15, -0.1) is 0 Å². The molecule has 1 radical (unpaired) electrons. The fraction of sp³-hybridized carbons (Fsp3) is 0.351. The third-order valence-corrected chi connectivity index (χ3v) is 18.1. The van der Waals surface area contributed by atoms with Gasteiger partial charge in [0.1, 0.15) is 29.0 Å². The number of rotatable bonds is 19. The first-order valence-corrected chi connectivity index (χ1v) is 31.4. The Bertz CT molecular complexity index is 3220. The third-order valence-electron chi connectivity index (χ3n) is 17.2. The summed E-state index contributed by atoms with van der Waals surface area (Å²) in [7, 11) is 0.532. The van der Waals surface area contributed by atoms with Gasteiger partial charge in [0.15, 0.2) is 0 Å². The van der Waals surface area contributed by atoms with Crippen molar-refractivity contribution in [2.75, 3.05) is 0 Å². The molecular weight excluding hydrogens is 1130 g/mol. The molecule has 8 aromatic carbocycles. The Morgan fingerprint density at radius 2 is 0.768 bits per heavy atom. The monoisotopic (exact) mass is 1220 g/mol. The van der Waals surface area contributed by atoms with Crippen LogP contribution in [0.15, 0.2) is 170 Å². The van der Waals surface area contributed by atoms with E-state index in [2.05, 4.69) is 76.2 Å². The molecule has 2 aliphatic rings. The van der Waals surface area contributed by atoms with E-state index in [1.807, 2.05) is 89.3 Å². The number of halogens is 5. The van der Waals surface area contributed by atoms with Gasteiger partial charge >= 0.3 is 7.69 Å². The maximum Gasteiger partial charge on any atom is 0.569 e. The van der Waals surface area contributed by atoms with Gasteiger partial charge in [-0.25, -0.2) is 17.6 Å². The fourth-order valence-corrected chi connectivity index (χ4v) is 12.4. The summed E-state index contributed by atoms with van der Waals surface area (Å²) < 4.78 is 63.3. The van der Waals surface area contributed by atoms with Crippen molar-refractivity contribution in [2.45, 2.75) is 155 Å². The zero-order valence-corrected chi connectivity index (χ0v) is 50.7. The highest BCUT2D eigenvalue weighted by molar-refractivity contribution is 14.1. The molecule has 2 aliphatic carbocycles. The molecule has 0 spiro atoms. The van der Waals surface area contributed by atoms with Gasteiger partial charge in [-0.1, -0.05) is 206 Å². The zero-order valence-electron chi connectivity index (χ0n) is 48.5. The van der Waals surface area contributed by atoms with Crippen LogP contribution in [0.3, 0.4) is 0 Å². The van der Waals surface area contributed by atoms with Crippen LogP contribution in [0.1, 0.15) is 165 Å². The van der Waals surface area contributed by atoms with Gasteiger partial charge in [0.05, 0.1) is 0 Å². The molecule has 0 saturated heterocycles. The van der Waals surface area contributed by atoms with Crippen molar-refractivity contribution in [1.82, 2.24) is 0 Å². The molecule has 10 rings (SSSR count). The first kappa shape index (κ1) is 62.1. The molecular formula is C74H81BF4IO2. The van der Waals surface area contributed by atoms with Crippen LogP contribution >= 0.6 is 22.6 Å². The first-order valence-electron chi connectivity index (χ1n) is 30.3. The number of hydrogen-bond acceptors (Lipinski definition) is 2. The molecule has 427 valence electrons. The second kappa shape index (κ2) is 31.6. The predicted octanol–water partition coefficient (Wildman–Crippen LogP) is 22.3. The van der Waals surface area contributed by atoms with Gasteiger partial charge in [0.25, 0.3) is 0 Å². The normalized spacial score (nSPS) is 16.8. The number of hydrogen-bond donors (Lipinski definition) is 1. The Balaban J connectivity index is 0.000000175. The Morgan fingerprint density at radius 1 is 0.402 bits per heavy atom. The topological polar surface area (TPSA) is 29.5 Å². The average Bonchev–Trinajstić information content (AvgIpc) is 3.54. The van der Waals surface area contributed by atoms with Crippen LogP contribution < -0.4 is 4.65 Å². The van der Waals surface area contributed by atoms with Crippen LogP contribution in [0.25, 0.3) is 55.6 Å². The maximum absolute atomic E-state index is 15.3. The molecule has 0 aromatic heterocycles. The van der Waals surface area contributed by atoms with E-state index in [9.17, 15) is 8.78 Å². The van der Waals surface area contributed by atoms with Crippen molar-refractivity contribution < 1.29 is 27.2 Å². The molecule has 8 heteroatoms. The van der Waals surface area contributed by atoms with Crippen molar-refractivity contribution in [3.05, 3.63) is 219 Å². The maximum atomic E-state index is 15.3. The Morgan fingerprint density at radius 3 is 1.17 bits per heavy atom. The van der Waals surface area contributed by atoms with E-state index >= 15 is 8.78 Å². The van der Waals surface area contributed by atoms with Crippen LogP contribution in [-0.2, 0) is 12.8 Å². The largest absolute Gasteiger partial charge is 0.569 e. The molecule has 2 saturated carbocycles. The lowest BCUT2D eigenvalue weighted by Gasteiger charge is -2.29. The van der Waals surface area contributed by atoms with E-state index in [0.29, 0.717) is 45.3 Å². The number of unbranched alkanes of at least 4 members (excludes halogenated alkanes) is 4. The average molecular weight is 1220 g/mol. The van der Waals surface area contributed by atoms with Gasteiger partial charge < -0.3 is 9.68 Å². The van der Waals surface area contributed by atoms with Gasteiger partial charge in [0, 0.05) is 26.3 Å². The Hall–Kier alpha value is -5.97. The summed E-state index contributed by atoms with van der Waals surface area (Å²) in [4.78, 5) is 0. The quantitative estimate of drug-likeness (QED) is 0.0378. The molecule has 0 atom stereocenters. The molecule has 82 heavy (non-hydrogen) atoms. The standard InChI is InChI=1S/C37H40F2.C23H28FI.C14H13BFO2/c1-3-5-6-7-27-10-12-28(13-11-27)29-16-18-30(19-17-29)32-20-22-35(36(38)24-32)33-21-23-34(37(39)25-33)31-14-8-26(4-2)9-15-31;1-2-3-4-5-17-6-8-18(9-7-17)19-10-12-20(13-11-19)21-14-15-23(25)22(24)16-21;1-2-10-3-5-11(6-4-10)13-8-7-12(18-15-17)9-14(13)16/h8-9,14-25,27-28H,3-7,10-13H2,1-2H3;10-18H,2-9H2,1H3;3-9,17H,2H2,1H3. The lowest BCUT2D eigenvalue weighted by molar-refractivity contribution is 0.303. The molecule has 1 N–H and O–H groups in total. The third kappa shape index (κ3) is 17.3. The Kier molecular flexibility index (Phi) is 23.9. The van der Waals surface area contributed by atoms with Gasteiger partial charge in [-0.05, 0) is 208 Å². The minimum Gasteiger partial charge on any atom is -0.537 e. The molecule has 0 bridgehead atoms. The van der Waals surface area contributed by atoms with Gasteiger partial charge in [-0.2, -0.15) is 0 Å². The molecule has 2 nitrogen and oxygen atoms in total. The first-order chi connectivity index (χ1) is 40.0. The number of aryl methyl sites for hydroxylation is 2. The van der Waals surface area contributed by atoms with E-state index in [1.54, 1.807) is 42.5 Å². The molecule has 0 amide bonds. The van der Waals surface area contributed by atoms with Gasteiger partial charge in [0.2, 0.25) is 0 Å². The second-order valence-electron chi connectivity index (χ2n) is 22.7. The van der Waals surface area contributed by atoms with E-state index in [-0.39, 0.29) is 29.0 Å². The summed E-state index contributed by atoms with van der Waals surface area (Å²) in [5, 5.41) is 8.48. The van der Waals surface area contributed by atoms with Gasteiger partial charge in [-0.3, -0.25) is 0 Å². The summed E-state index contributed by atoms with van der Waals surface area (Å²) in [6, 6.07) is 53.5. The highest BCUT2D eigenvalue weighted by Crippen LogP contribution is 2.41. The fourth-order valence-electron chi connectivity index (χ4n) is 12.1. The molecule has 8 aromatic rings. The SMILES string of the molecule is CCCCCC1CCC(c2ccc(-c3ccc(-c4ccc(-c5ccc(CC)cc5)c(F)c4)c(F)c3)cc2)CC1.CCCCCC1CCC(c2ccc(-c3ccc(I)c(F)c3)cc2)CC1.CCc1ccc(-c2ccc(O[B]O)cc2F)cc1. The van der Waals surface area contributed by atoms with Crippen molar-refractivity contribution in [1.29, 1.82) is 0 Å². The van der Waals surface area contributed by atoms with Crippen molar-refractivity contribution in [2.24, 2.45) is 11.8 Å².